The summed E-state index contributed by atoms with van der Waals surface area (Å²) in [5.74, 6) is 0. The van der Waals surface area contributed by atoms with Crippen LogP contribution in [0.15, 0.2) is 71.8 Å². The summed E-state index contributed by atoms with van der Waals surface area (Å²) in [5, 5.41) is 9.97. The fraction of sp³-hybridized carbons (Fsp3) is 0.0952. The van der Waals surface area contributed by atoms with Gasteiger partial charge in [-0.25, -0.2) is 4.98 Å². The third-order valence-corrected chi connectivity index (χ3v) is 5.57. The maximum Gasteiger partial charge on any atom is 0.101 e. The largest absolute Gasteiger partial charge is 0.281 e. The van der Waals surface area contributed by atoms with Gasteiger partial charge in [0.25, 0.3) is 0 Å². The number of H-pyrrole nitrogens is 1. The van der Waals surface area contributed by atoms with Gasteiger partial charge < -0.3 is 0 Å². The van der Waals surface area contributed by atoms with Crippen LogP contribution in [-0.2, 0) is 11.8 Å². The Morgan fingerprint density at radius 1 is 1.08 bits per heavy atom. The maximum atomic E-state index is 4.65. The molecular formula is C21H16N4S. The number of pyridine rings is 1. The average Bonchev–Trinajstić information content (AvgIpc) is 3.39. The summed E-state index contributed by atoms with van der Waals surface area (Å²) in [6.45, 7) is 0. The number of thiazole rings is 1. The van der Waals surface area contributed by atoms with Crippen molar-refractivity contribution < 1.29 is 0 Å². The Labute approximate surface area is 155 Å². The molecule has 4 aromatic rings. The van der Waals surface area contributed by atoms with E-state index in [9.17, 15) is 0 Å². The Morgan fingerprint density at radius 2 is 2.00 bits per heavy atom. The smallest absolute Gasteiger partial charge is 0.101 e. The second kappa shape index (κ2) is 6.04. The molecule has 0 saturated carbocycles. The molecule has 1 aromatic carbocycles. The summed E-state index contributed by atoms with van der Waals surface area (Å²) in [6, 6.07) is 14.5. The van der Waals surface area contributed by atoms with Crippen LogP contribution in [0.5, 0.6) is 0 Å². The SMILES string of the molecule is C1=CC(c2ccccc2)(c2cscn2)Cc2[nH]nc(-c3cccnc3)c21. The molecule has 1 aliphatic rings. The number of aromatic nitrogens is 4. The number of benzene rings is 1. The van der Waals surface area contributed by atoms with Crippen molar-refractivity contribution in [2.75, 3.05) is 0 Å². The molecule has 1 unspecified atom stereocenters. The molecule has 0 spiro atoms. The number of hydrogen-bond donors (Lipinski definition) is 1. The highest BCUT2D eigenvalue weighted by atomic mass is 32.1. The highest BCUT2D eigenvalue weighted by Gasteiger charge is 2.38. The number of nitrogens with one attached hydrogen (secondary N) is 1. The van der Waals surface area contributed by atoms with E-state index in [0.29, 0.717) is 0 Å². The van der Waals surface area contributed by atoms with Crippen molar-refractivity contribution in [1.29, 1.82) is 0 Å². The summed E-state index contributed by atoms with van der Waals surface area (Å²) in [4.78, 5) is 8.87. The van der Waals surface area contributed by atoms with Gasteiger partial charge in [0, 0.05) is 41.0 Å². The quantitative estimate of drug-likeness (QED) is 0.589. The van der Waals surface area contributed by atoms with Gasteiger partial charge in [-0.1, -0.05) is 42.5 Å². The number of aromatic amines is 1. The first-order valence-electron chi connectivity index (χ1n) is 8.48. The number of rotatable bonds is 3. The van der Waals surface area contributed by atoms with Crippen LogP contribution in [-0.4, -0.2) is 20.2 Å². The monoisotopic (exact) mass is 356 g/mol. The Kier molecular flexibility index (Phi) is 3.53. The first-order valence-corrected chi connectivity index (χ1v) is 9.42. The molecule has 1 aliphatic carbocycles. The van der Waals surface area contributed by atoms with Crippen molar-refractivity contribution in [2.24, 2.45) is 0 Å². The molecule has 0 saturated heterocycles. The zero-order valence-corrected chi connectivity index (χ0v) is 14.8. The molecule has 126 valence electrons. The zero-order valence-electron chi connectivity index (χ0n) is 14.0. The second-order valence-corrected chi connectivity index (χ2v) is 7.15. The summed E-state index contributed by atoms with van der Waals surface area (Å²) < 4.78 is 0. The van der Waals surface area contributed by atoms with Crippen LogP contribution in [0.3, 0.4) is 0 Å². The Hall–Kier alpha value is -3.05. The van der Waals surface area contributed by atoms with Gasteiger partial charge in [0.15, 0.2) is 0 Å². The third kappa shape index (κ3) is 2.32. The molecule has 5 heteroatoms. The van der Waals surface area contributed by atoms with E-state index in [4.69, 9.17) is 0 Å². The van der Waals surface area contributed by atoms with Crippen LogP contribution in [0.4, 0.5) is 0 Å². The normalized spacial score (nSPS) is 18.6. The van der Waals surface area contributed by atoms with Crippen molar-refractivity contribution in [2.45, 2.75) is 11.8 Å². The fourth-order valence-corrected chi connectivity index (χ4v) is 4.31. The Bertz CT molecular complexity index is 1050. The molecule has 0 bridgehead atoms. The van der Waals surface area contributed by atoms with Gasteiger partial charge in [-0.05, 0) is 17.7 Å². The number of nitrogens with zero attached hydrogens (tertiary/aromatic N) is 3. The molecule has 3 aromatic heterocycles. The second-order valence-electron chi connectivity index (χ2n) is 6.43. The topological polar surface area (TPSA) is 54.5 Å². The highest BCUT2D eigenvalue weighted by Crippen LogP contribution is 2.42. The lowest BCUT2D eigenvalue weighted by molar-refractivity contribution is 0.605. The van der Waals surface area contributed by atoms with Crippen molar-refractivity contribution in [3.8, 4) is 11.3 Å². The van der Waals surface area contributed by atoms with E-state index in [0.717, 1.165) is 34.6 Å². The maximum absolute atomic E-state index is 4.65. The van der Waals surface area contributed by atoms with Crippen LogP contribution in [0.2, 0.25) is 0 Å². The lowest BCUT2D eigenvalue weighted by Crippen LogP contribution is -2.30. The molecule has 1 N–H and O–H groups in total. The summed E-state index contributed by atoms with van der Waals surface area (Å²) in [7, 11) is 0. The lowest BCUT2D eigenvalue weighted by Gasteiger charge is -2.32. The van der Waals surface area contributed by atoms with Crippen LogP contribution in [0, 0.1) is 0 Å². The molecule has 0 radical (unpaired) electrons. The van der Waals surface area contributed by atoms with Gasteiger partial charge in [0.1, 0.15) is 5.69 Å². The van der Waals surface area contributed by atoms with Crippen molar-refractivity contribution in [3.63, 3.8) is 0 Å². The lowest BCUT2D eigenvalue weighted by atomic mass is 9.71. The minimum Gasteiger partial charge on any atom is -0.281 e. The van der Waals surface area contributed by atoms with E-state index < -0.39 is 0 Å². The standard InChI is InChI=1S/C21H16N4S/c1-2-6-16(7-3-1)21(19-13-26-14-23-19)9-8-17-18(11-21)24-25-20(17)15-5-4-10-22-12-15/h1-10,12-14H,11H2,(H,24,25). The van der Waals surface area contributed by atoms with E-state index in [-0.39, 0.29) is 5.41 Å². The van der Waals surface area contributed by atoms with Crippen molar-refractivity contribution in [1.82, 2.24) is 20.2 Å². The summed E-state index contributed by atoms with van der Waals surface area (Å²) in [5.41, 5.74) is 8.19. The van der Waals surface area contributed by atoms with E-state index in [1.165, 1.54) is 5.56 Å². The van der Waals surface area contributed by atoms with Crippen molar-refractivity contribution in [3.05, 3.63) is 94.3 Å². The zero-order chi connectivity index (χ0) is 17.4. The van der Waals surface area contributed by atoms with E-state index in [2.05, 4.69) is 62.0 Å². The van der Waals surface area contributed by atoms with Gasteiger partial charge in [-0.2, -0.15) is 5.10 Å². The van der Waals surface area contributed by atoms with Crippen LogP contribution < -0.4 is 0 Å². The molecule has 5 rings (SSSR count). The van der Waals surface area contributed by atoms with Crippen molar-refractivity contribution >= 4 is 17.4 Å². The third-order valence-electron chi connectivity index (χ3n) is 4.99. The van der Waals surface area contributed by atoms with Crippen LogP contribution >= 0.6 is 11.3 Å². The Morgan fingerprint density at radius 3 is 2.77 bits per heavy atom. The first kappa shape index (κ1) is 15.2. The molecule has 3 heterocycles. The predicted molar refractivity (Wildman–Crippen MR) is 104 cm³/mol. The van der Waals surface area contributed by atoms with E-state index in [1.807, 2.05) is 29.9 Å². The number of fused-ring (bicyclic) bond motifs is 1. The minimum atomic E-state index is -0.271. The molecule has 1 atom stereocenters. The molecule has 0 amide bonds. The molecule has 4 nitrogen and oxygen atoms in total. The fourth-order valence-electron chi connectivity index (χ4n) is 3.68. The van der Waals surface area contributed by atoms with Crippen LogP contribution in [0.25, 0.3) is 17.3 Å². The Balaban J connectivity index is 1.65. The minimum absolute atomic E-state index is 0.271. The summed E-state index contributed by atoms with van der Waals surface area (Å²) >= 11 is 1.63. The molecular weight excluding hydrogens is 340 g/mol. The van der Waals surface area contributed by atoms with Gasteiger partial charge >= 0.3 is 0 Å². The highest BCUT2D eigenvalue weighted by molar-refractivity contribution is 7.07. The number of hydrogen-bond acceptors (Lipinski definition) is 4. The molecule has 26 heavy (non-hydrogen) atoms. The van der Waals surface area contributed by atoms with Gasteiger partial charge in [-0.3, -0.25) is 10.1 Å². The molecule has 0 fully saturated rings. The van der Waals surface area contributed by atoms with Gasteiger partial charge in [-0.15, -0.1) is 11.3 Å². The van der Waals surface area contributed by atoms with Gasteiger partial charge in [0.2, 0.25) is 0 Å². The first-order chi connectivity index (χ1) is 12.9. The predicted octanol–water partition coefficient (Wildman–Crippen LogP) is 4.48. The van der Waals surface area contributed by atoms with E-state index >= 15 is 0 Å². The molecule has 0 aliphatic heterocycles. The number of allylic oxidation sites excluding steroid dienone is 1. The van der Waals surface area contributed by atoms with E-state index in [1.54, 1.807) is 17.5 Å². The average molecular weight is 356 g/mol. The van der Waals surface area contributed by atoms with Crippen LogP contribution in [0.1, 0.15) is 22.5 Å². The summed E-state index contributed by atoms with van der Waals surface area (Å²) in [6.07, 6.45) is 8.89. The van der Waals surface area contributed by atoms with Gasteiger partial charge in [0.05, 0.1) is 16.6 Å².